The second-order valence-electron chi connectivity index (χ2n) is 5.80. The second-order valence-corrected chi connectivity index (χ2v) is 6.74. The third kappa shape index (κ3) is 4.06. The van der Waals surface area contributed by atoms with Crippen molar-refractivity contribution in [3.05, 3.63) is 88.5 Å². The lowest BCUT2D eigenvalue weighted by Gasteiger charge is -2.08. The molecule has 0 aliphatic heterocycles. The van der Waals surface area contributed by atoms with Gasteiger partial charge in [0, 0.05) is 30.1 Å². The predicted octanol–water partition coefficient (Wildman–Crippen LogP) is 2.64. The average Bonchev–Trinajstić information content (AvgIpc) is 3.39. The Balaban J connectivity index is 1.42. The third-order valence-corrected chi connectivity index (χ3v) is 4.77. The Bertz CT molecular complexity index is 1030. The molecule has 0 spiro atoms. The van der Waals surface area contributed by atoms with E-state index in [0.717, 1.165) is 17.0 Å². The van der Waals surface area contributed by atoms with E-state index in [1.54, 1.807) is 22.6 Å². The Kier molecular flexibility index (Phi) is 4.97. The van der Waals surface area contributed by atoms with Crippen molar-refractivity contribution in [2.24, 2.45) is 0 Å². The molecule has 7 nitrogen and oxygen atoms in total. The Morgan fingerprint density at radius 2 is 2.04 bits per heavy atom. The molecular formula is C19H16N6OS. The van der Waals surface area contributed by atoms with Gasteiger partial charge in [-0.3, -0.25) is 4.79 Å². The summed E-state index contributed by atoms with van der Waals surface area (Å²) < 4.78 is 1.57. The molecule has 0 atom stereocenters. The van der Waals surface area contributed by atoms with Crippen LogP contribution in [0.2, 0.25) is 0 Å². The van der Waals surface area contributed by atoms with E-state index < -0.39 is 0 Å². The van der Waals surface area contributed by atoms with Crippen LogP contribution in [0, 0.1) is 0 Å². The number of pyridine rings is 1. The van der Waals surface area contributed by atoms with Gasteiger partial charge in [-0.2, -0.15) is 5.10 Å². The van der Waals surface area contributed by atoms with Crippen molar-refractivity contribution in [3.63, 3.8) is 0 Å². The molecule has 0 unspecified atom stereocenters. The van der Waals surface area contributed by atoms with Crippen LogP contribution in [0.1, 0.15) is 26.6 Å². The molecule has 27 heavy (non-hydrogen) atoms. The highest BCUT2D eigenvalue weighted by atomic mass is 32.1. The van der Waals surface area contributed by atoms with Gasteiger partial charge >= 0.3 is 0 Å². The first-order chi connectivity index (χ1) is 13.3. The number of hydrogen-bond donors (Lipinski definition) is 1. The summed E-state index contributed by atoms with van der Waals surface area (Å²) in [6.07, 6.45) is 5.42. The first-order valence-electron chi connectivity index (χ1n) is 8.35. The zero-order valence-corrected chi connectivity index (χ0v) is 15.1. The summed E-state index contributed by atoms with van der Waals surface area (Å²) in [7, 11) is 0. The van der Waals surface area contributed by atoms with Crippen LogP contribution in [0.4, 0.5) is 0 Å². The molecule has 0 aliphatic rings. The van der Waals surface area contributed by atoms with Gasteiger partial charge < -0.3 is 5.32 Å². The summed E-state index contributed by atoms with van der Waals surface area (Å²) in [6, 6.07) is 13.8. The maximum absolute atomic E-state index is 12.5. The number of rotatable bonds is 6. The molecule has 0 bridgehead atoms. The van der Waals surface area contributed by atoms with Crippen molar-refractivity contribution in [2.45, 2.75) is 13.0 Å². The lowest BCUT2D eigenvalue weighted by atomic mass is 10.2. The Hall–Kier alpha value is -3.39. The van der Waals surface area contributed by atoms with Crippen molar-refractivity contribution in [1.29, 1.82) is 0 Å². The summed E-state index contributed by atoms with van der Waals surface area (Å²) in [4.78, 5) is 25.2. The lowest BCUT2D eigenvalue weighted by molar-refractivity contribution is 0.0946. The molecule has 4 aromatic rings. The molecule has 1 N–H and O–H groups in total. The summed E-state index contributed by atoms with van der Waals surface area (Å²) in [5, 5.41) is 9.69. The average molecular weight is 376 g/mol. The van der Waals surface area contributed by atoms with Crippen LogP contribution in [0.5, 0.6) is 0 Å². The van der Waals surface area contributed by atoms with Gasteiger partial charge in [0.2, 0.25) is 0 Å². The topological polar surface area (TPSA) is 85.6 Å². The minimum Gasteiger partial charge on any atom is -0.346 e. The molecule has 3 heterocycles. The molecule has 134 valence electrons. The highest BCUT2D eigenvalue weighted by Crippen LogP contribution is 2.15. The number of amides is 1. The fraction of sp³-hybridized carbons (Fsp3) is 0.105. The first-order valence-corrected chi connectivity index (χ1v) is 9.23. The van der Waals surface area contributed by atoms with Crippen LogP contribution in [0.25, 0.3) is 5.82 Å². The number of aromatic nitrogens is 5. The molecule has 4 rings (SSSR count). The Labute approximate surface area is 159 Å². The van der Waals surface area contributed by atoms with E-state index in [0.29, 0.717) is 18.1 Å². The maximum atomic E-state index is 12.5. The van der Waals surface area contributed by atoms with Gasteiger partial charge in [0.15, 0.2) is 5.82 Å². The number of nitrogens with zero attached hydrogens (tertiary/aromatic N) is 5. The van der Waals surface area contributed by atoms with Crippen molar-refractivity contribution >= 4 is 17.2 Å². The van der Waals surface area contributed by atoms with Gasteiger partial charge in [0.1, 0.15) is 18.3 Å². The molecule has 8 heteroatoms. The second kappa shape index (κ2) is 7.88. The van der Waals surface area contributed by atoms with E-state index in [1.165, 1.54) is 23.2 Å². The number of carbonyl (C=O) groups excluding carboxylic acids is 1. The van der Waals surface area contributed by atoms with E-state index in [-0.39, 0.29) is 5.91 Å². The molecule has 1 amide bonds. The summed E-state index contributed by atoms with van der Waals surface area (Å²) in [5.41, 5.74) is 2.44. The molecule has 0 radical (unpaired) electrons. The van der Waals surface area contributed by atoms with Crippen LogP contribution in [-0.4, -0.2) is 30.6 Å². The number of benzene rings is 1. The van der Waals surface area contributed by atoms with Crippen molar-refractivity contribution in [2.75, 3.05) is 0 Å². The number of carbonyl (C=O) groups is 1. The molecule has 0 saturated heterocycles. The lowest BCUT2D eigenvalue weighted by Crippen LogP contribution is -2.24. The van der Waals surface area contributed by atoms with Crippen LogP contribution >= 0.6 is 11.3 Å². The summed E-state index contributed by atoms with van der Waals surface area (Å²) in [6.45, 7) is 0.327. The van der Waals surface area contributed by atoms with E-state index in [1.807, 2.05) is 30.3 Å². The number of hydrogen-bond acceptors (Lipinski definition) is 6. The SMILES string of the molecule is O=C(NCc1cccnc1-n1cncn1)c1csc(Cc2ccccc2)n1. The minimum atomic E-state index is -0.209. The van der Waals surface area contributed by atoms with Crippen LogP contribution in [0.3, 0.4) is 0 Å². The van der Waals surface area contributed by atoms with E-state index in [9.17, 15) is 4.79 Å². The molecule has 3 aromatic heterocycles. The van der Waals surface area contributed by atoms with Gasteiger partial charge in [0.05, 0.1) is 5.01 Å². The smallest absolute Gasteiger partial charge is 0.271 e. The molecular weight excluding hydrogens is 360 g/mol. The van der Waals surface area contributed by atoms with E-state index in [4.69, 9.17) is 0 Å². The number of thiazole rings is 1. The van der Waals surface area contributed by atoms with Crippen LogP contribution in [-0.2, 0) is 13.0 Å². The first kappa shape index (κ1) is 17.0. The van der Waals surface area contributed by atoms with Crippen LogP contribution in [0.15, 0.2) is 66.7 Å². The summed E-state index contributed by atoms with van der Waals surface area (Å²) >= 11 is 1.49. The molecule has 0 saturated carbocycles. The predicted molar refractivity (Wildman–Crippen MR) is 102 cm³/mol. The normalized spacial score (nSPS) is 10.7. The third-order valence-electron chi connectivity index (χ3n) is 3.93. The van der Waals surface area contributed by atoms with Gasteiger partial charge in [-0.25, -0.2) is 19.6 Å². The van der Waals surface area contributed by atoms with Crippen LogP contribution < -0.4 is 5.32 Å². The van der Waals surface area contributed by atoms with Gasteiger partial charge in [0.25, 0.3) is 5.91 Å². The molecule has 0 aliphatic carbocycles. The van der Waals surface area contributed by atoms with Gasteiger partial charge in [-0.1, -0.05) is 36.4 Å². The Morgan fingerprint density at radius 1 is 1.15 bits per heavy atom. The standard InChI is InChI=1S/C19H16N6OS/c26-19(16-11-27-17(24-16)9-14-5-2-1-3-6-14)22-10-15-7-4-8-21-18(15)25-13-20-12-23-25/h1-8,11-13H,9-10H2,(H,22,26). The monoisotopic (exact) mass is 376 g/mol. The fourth-order valence-corrected chi connectivity index (χ4v) is 3.43. The number of nitrogens with one attached hydrogen (secondary N) is 1. The zero-order valence-electron chi connectivity index (χ0n) is 14.3. The van der Waals surface area contributed by atoms with E-state index in [2.05, 4.69) is 37.5 Å². The zero-order chi connectivity index (χ0) is 18.5. The van der Waals surface area contributed by atoms with Crippen molar-refractivity contribution in [3.8, 4) is 5.82 Å². The maximum Gasteiger partial charge on any atom is 0.271 e. The molecule has 1 aromatic carbocycles. The van der Waals surface area contributed by atoms with E-state index >= 15 is 0 Å². The molecule has 0 fully saturated rings. The summed E-state index contributed by atoms with van der Waals surface area (Å²) in [5.74, 6) is 0.428. The largest absolute Gasteiger partial charge is 0.346 e. The van der Waals surface area contributed by atoms with Gasteiger partial charge in [-0.15, -0.1) is 11.3 Å². The quantitative estimate of drug-likeness (QED) is 0.559. The highest BCUT2D eigenvalue weighted by molar-refractivity contribution is 7.09. The van der Waals surface area contributed by atoms with Crippen molar-refractivity contribution < 1.29 is 4.79 Å². The Morgan fingerprint density at radius 3 is 2.85 bits per heavy atom. The fourth-order valence-electron chi connectivity index (χ4n) is 2.63. The highest BCUT2D eigenvalue weighted by Gasteiger charge is 2.13. The minimum absolute atomic E-state index is 0.209. The van der Waals surface area contributed by atoms with Crippen molar-refractivity contribution in [1.82, 2.24) is 30.0 Å². The van der Waals surface area contributed by atoms with Gasteiger partial charge in [-0.05, 0) is 11.6 Å².